The molecule has 1 amide bonds. The Balaban J connectivity index is 0.00000288. The third-order valence-electron chi connectivity index (χ3n) is 4.07. The van der Waals surface area contributed by atoms with Gasteiger partial charge in [-0.15, -0.1) is 12.4 Å². The Morgan fingerprint density at radius 2 is 2.04 bits per heavy atom. The molecule has 1 aliphatic heterocycles. The molecule has 0 spiro atoms. The maximum Gasteiger partial charge on any atom is 0.251 e. The molecule has 1 fully saturated rings. The van der Waals surface area contributed by atoms with E-state index in [2.05, 4.69) is 10.6 Å². The lowest BCUT2D eigenvalue weighted by Gasteiger charge is -2.24. The second-order valence-corrected chi connectivity index (χ2v) is 7.57. The molecule has 1 aromatic rings. The van der Waals surface area contributed by atoms with Crippen molar-refractivity contribution in [1.29, 1.82) is 0 Å². The molecule has 136 valence electrons. The van der Waals surface area contributed by atoms with E-state index in [4.69, 9.17) is 0 Å². The first-order chi connectivity index (χ1) is 11.0. The van der Waals surface area contributed by atoms with Crippen molar-refractivity contribution in [1.82, 2.24) is 14.9 Å². The van der Waals surface area contributed by atoms with Crippen LogP contribution >= 0.6 is 12.4 Å². The van der Waals surface area contributed by atoms with Gasteiger partial charge in [0, 0.05) is 31.2 Å². The molecule has 1 aromatic carbocycles. The van der Waals surface area contributed by atoms with Crippen LogP contribution in [0, 0.1) is 0 Å². The molecule has 1 heterocycles. The molecule has 0 aliphatic carbocycles. The van der Waals surface area contributed by atoms with Crippen LogP contribution in [0.4, 0.5) is 0 Å². The number of nitrogens with one attached hydrogen (secondary N) is 2. The summed E-state index contributed by atoms with van der Waals surface area (Å²) >= 11 is 0. The summed E-state index contributed by atoms with van der Waals surface area (Å²) in [4.78, 5) is 12.5. The zero-order valence-corrected chi connectivity index (χ0v) is 15.8. The van der Waals surface area contributed by atoms with Crippen molar-refractivity contribution in [2.75, 3.05) is 26.2 Å². The van der Waals surface area contributed by atoms with Crippen LogP contribution in [0.1, 0.15) is 37.0 Å². The molecule has 24 heavy (non-hydrogen) atoms. The maximum atomic E-state index is 12.5. The minimum Gasteiger partial charge on any atom is -0.348 e. The summed E-state index contributed by atoms with van der Waals surface area (Å²) in [5.41, 5.74) is 0.379. The Bertz CT molecular complexity index is 642. The minimum atomic E-state index is -3.55. The van der Waals surface area contributed by atoms with Crippen molar-refractivity contribution in [3.63, 3.8) is 0 Å². The van der Waals surface area contributed by atoms with Crippen molar-refractivity contribution in [2.24, 2.45) is 0 Å². The fourth-order valence-corrected chi connectivity index (χ4v) is 4.26. The van der Waals surface area contributed by atoms with E-state index in [0.717, 1.165) is 25.9 Å². The van der Waals surface area contributed by atoms with Gasteiger partial charge in [-0.2, -0.15) is 4.31 Å². The van der Waals surface area contributed by atoms with Gasteiger partial charge >= 0.3 is 0 Å². The van der Waals surface area contributed by atoms with Gasteiger partial charge in [0.15, 0.2) is 0 Å². The van der Waals surface area contributed by atoms with E-state index in [9.17, 15) is 13.2 Å². The number of benzene rings is 1. The van der Waals surface area contributed by atoms with Crippen molar-refractivity contribution in [3.8, 4) is 0 Å². The summed E-state index contributed by atoms with van der Waals surface area (Å²) in [7, 11) is -3.55. The van der Waals surface area contributed by atoms with E-state index < -0.39 is 10.0 Å². The van der Waals surface area contributed by atoms with Crippen molar-refractivity contribution in [2.45, 2.75) is 37.6 Å². The van der Waals surface area contributed by atoms with E-state index in [-0.39, 0.29) is 29.3 Å². The molecule has 1 saturated heterocycles. The smallest absolute Gasteiger partial charge is 0.251 e. The molecule has 0 aromatic heterocycles. The molecular weight excluding hydrogens is 350 g/mol. The highest BCUT2D eigenvalue weighted by molar-refractivity contribution is 7.89. The molecule has 0 saturated carbocycles. The van der Waals surface area contributed by atoms with Crippen LogP contribution in [-0.2, 0) is 10.0 Å². The lowest BCUT2D eigenvalue weighted by atomic mass is 10.1. The molecule has 6 nitrogen and oxygen atoms in total. The molecule has 0 unspecified atom stereocenters. The standard InChI is InChI=1S/C16H25N3O3S.ClH/c1-3-19(4-2)23(21,22)15-9-5-7-13(11-15)16(20)18-14-8-6-10-17-12-14;/h5,7,9,11,14,17H,3-4,6,8,10,12H2,1-2H3,(H,18,20);1H/t14-;/m0./s1. The Kier molecular flexibility index (Phi) is 8.15. The topological polar surface area (TPSA) is 78.5 Å². The van der Waals surface area contributed by atoms with Gasteiger partial charge in [-0.3, -0.25) is 4.79 Å². The van der Waals surface area contributed by atoms with Crippen LogP contribution in [0.5, 0.6) is 0 Å². The number of piperidine rings is 1. The van der Waals surface area contributed by atoms with Crippen molar-refractivity contribution in [3.05, 3.63) is 29.8 Å². The second-order valence-electron chi connectivity index (χ2n) is 5.63. The Morgan fingerprint density at radius 3 is 2.62 bits per heavy atom. The summed E-state index contributed by atoms with van der Waals surface area (Å²) < 4.78 is 26.5. The van der Waals surface area contributed by atoms with E-state index >= 15 is 0 Å². The van der Waals surface area contributed by atoms with E-state index in [0.29, 0.717) is 18.7 Å². The summed E-state index contributed by atoms with van der Waals surface area (Å²) in [6.45, 7) is 6.14. The number of amides is 1. The monoisotopic (exact) mass is 375 g/mol. The fraction of sp³-hybridized carbons (Fsp3) is 0.562. The SMILES string of the molecule is CCN(CC)S(=O)(=O)c1cccc(C(=O)N[C@H]2CCCNC2)c1.Cl. The Labute approximate surface area is 150 Å². The number of carbonyl (C=O) groups is 1. The highest BCUT2D eigenvalue weighted by Crippen LogP contribution is 2.17. The molecule has 1 aliphatic rings. The number of sulfonamides is 1. The van der Waals surface area contributed by atoms with Gasteiger partial charge in [0.05, 0.1) is 4.90 Å². The number of rotatable bonds is 6. The van der Waals surface area contributed by atoms with Gasteiger partial charge in [-0.05, 0) is 37.6 Å². The zero-order chi connectivity index (χ0) is 16.9. The van der Waals surface area contributed by atoms with Crippen LogP contribution in [0.25, 0.3) is 0 Å². The first-order valence-electron chi connectivity index (χ1n) is 8.10. The number of hydrogen-bond acceptors (Lipinski definition) is 4. The van der Waals surface area contributed by atoms with Crippen LogP contribution < -0.4 is 10.6 Å². The fourth-order valence-electron chi connectivity index (χ4n) is 2.75. The van der Waals surface area contributed by atoms with Gasteiger partial charge in [-0.1, -0.05) is 19.9 Å². The average Bonchev–Trinajstić information content (AvgIpc) is 2.57. The second kappa shape index (κ2) is 9.36. The van der Waals surface area contributed by atoms with Crippen LogP contribution in [0.3, 0.4) is 0 Å². The third kappa shape index (κ3) is 4.92. The molecule has 2 rings (SSSR count). The number of nitrogens with zero attached hydrogens (tertiary/aromatic N) is 1. The summed E-state index contributed by atoms with van der Waals surface area (Å²) in [6, 6.07) is 6.35. The van der Waals surface area contributed by atoms with Gasteiger partial charge in [0.2, 0.25) is 10.0 Å². The summed E-state index contributed by atoms with van der Waals surface area (Å²) in [6.07, 6.45) is 1.97. The minimum absolute atomic E-state index is 0. The first-order valence-corrected chi connectivity index (χ1v) is 9.54. The van der Waals surface area contributed by atoms with Gasteiger partial charge in [0.25, 0.3) is 5.91 Å². The number of carbonyl (C=O) groups excluding carboxylic acids is 1. The van der Waals surface area contributed by atoms with Crippen LogP contribution in [-0.4, -0.2) is 50.9 Å². The van der Waals surface area contributed by atoms with Crippen LogP contribution in [0.15, 0.2) is 29.2 Å². The Morgan fingerprint density at radius 1 is 1.33 bits per heavy atom. The lowest BCUT2D eigenvalue weighted by Crippen LogP contribution is -2.45. The summed E-state index contributed by atoms with van der Waals surface area (Å²) in [5.74, 6) is -0.227. The van der Waals surface area contributed by atoms with Gasteiger partial charge in [-0.25, -0.2) is 8.42 Å². The maximum absolute atomic E-state index is 12.5. The number of halogens is 1. The van der Waals surface area contributed by atoms with Crippen LogP contribution in [0.2, 0.25) is 0 Å². The third-order valence-corrected chi connectivity index (χ3v) is 6.12. The number of hydrogen-bond donors (Lipinski definition) is 2. The van der Waals surface area contributed by atoms with Gasteiger partial charge in [0.1, 0.15) is 0 Å². The molecular formula is C16H26ClN3O3S. The van der Waals surface area contributed by atoms with Crippen molar-refractivity contribution >= 4 is 28.3 Å². The molecule has 2 N–H and O–H groups in total. The zero-order valence-electron chi connectivity index (χ0n) is 14.1. The van der Waals surface area contributed by atoms with E-state index in [1.54, 1.807) is 26.0 Å². The van der Waals surface area contributed by atoms with E-state index in [1.165, 1.54) is 16.4 Å². The lowest BCUT2D eigenvalue weighted by molar-refractivity contribution is 0.0930. The van der Waals surface area contributed by atoms with Gasteiger partial charge < -0.3 is 10.6 Å². The van der Waals surface area contributed by atoms with Crippen molar-refractivity contribution < 1.29 is 13.2 Å². The Hall–Kier alpha value is -1.15. The largest absolute Gasteiger partial charge is 0.348 e. The normalized spacial score (nSPS) is 18.0. The predicted octanol–water partition coefficient (Wildman–Crippen LogP) is 1.62. The molecule has 8 heteroatoms. The highest BCUT2D eigenvalue weighted by Gasteiger charge is 2.23. The first kappa shape index (κ1) is 20.9. The molecule has 1 atom stereocenters. The predicted molar refractivity (Wildman–Crippen MR) is 97.2 cm³/mol. The quantitative estimate of drug-likeness (QED) is 0.792. The summed E-state index contributed by atoms with van der Waals surface area (Å²) in [5, 5.41) is 6.20. The molecule has 0 radical (unpaired) electrons. The highest BCUT2D eigenvalue weighted by atomic mass is 35.5. The average molecular weight is 376 g/mol. The van der Waals surface area contributed by atoms with E-state index in [1.807, 2.05) is 0 Å². The molecule has 0 bridgehead atoms.